The third-order valence-corrected chi connectivity index (χ3v) is 3.02. The van der Waals surface area contributed by atoms with E-state index in [1.54, 1.807) is 4.57 Å². The number of amides is 1. The van der Waals surface area contributed by atoms with Crippen LogP contribution in [-0.4, -0.2) is 44.0 Å². The molecular weight excluding hydrogens is 256 g/mol. The van der Waals surface area contributed by atoms with Crippen LogP contribution >= 0.6 is 11.8 Å². The number of nitrogens with zero attached hydrogens (tertiary/aromatic N) is 3. The summed E-state index contributed by atoms with van der Waals surface area (Å²) in [4.78, 5) is 21.9. The van der Waals surface area contributed by atoms with Gasteiger partial charge in [0.15, 0.2) is 5.16 Å². The summed E-state index contributed by atoms with van der Waals surface area (Å²) in [6.07, 6.45) is 2.73. The maximum atomic E-state index is 11.4. The largest absolute Gasteiger partial charge is 0.481 e. The first-order chi connectivity index (χ1) is 8.63. The molecule has 0 fully saturated rings. The molecule has 1 aromatic rings. The number of aryl methyl sites for hydroxylation is 1. The van der Waals surface area contributed by atoms with Crippen molar-refractivity contribution in [2.24, 2.45) is 0 Å². The molecule has 0 aliphatic rings. The summed E-state index contributed by atoms with van der Waals surface area (Å²) in [5.74, 6) is -1.00. The van der Waals surface area contributed by atoms with Crippen LogP contribution in [0.3, 0.4) is 0 Å². The molecule has 0 aromatic carbocycles. The van der Waals surface area contributed by atoms with Crippen LogP contribution in [0.2, 0.25) is 0 Å². The van der Waals surface area contributed by atoms with Gasteiger partial charge in [-0.2, -0.15) is 0 Å². The zero-order valence-electron chi connectivity index (χ0n) is 10.1. The van der Waals surface area contributed by atoms with Crippen molar-refractivity contribution < 1.29 is 14.7 Å². The average Bonchev–Trinajstić information content (AvgIpc) is 2.78. The van der Waals surface area contributed by atoms with Gasteiger partial charge in [0.1, 0.15) is 6.33 Å². The number of thioether (sulfide) groups is 1. The van der Waals surface area contributed by atoms with Gasteiger partial charge in [-0.05, 0) is 6.42 Å². The molecule has 0 atom stereocenters. The Morgan fingerprint density at radius 3 is 3.00 bits per heavy atom. The highest BCUT2D eigenvalue weighted by molar-refractivity contribution is 7.99. The Morgan fingerprint density at radius 1 is 1.56 bits per heavy atom. The van der Waals surface area contributed by atoms with Crippen molar-refractivity contribution in [3.05, 3.63) is 6.33 Å². The minimum absolute atomic E-state index is 0.0280. The fourth-order valence-corrected chi connectivity index (χ4v) is 1.87. The molecule has 7 nitrogen and oxygen atoms in total. The number of rotatable bonds is 8. The molecule has 1 rings (SSSR count). The molecule has 0 unspecified atom stereocenters. The lowest BCUT2D eigenvalue weighted by Crippen LogP contribution is -2.25. The van der Waals surface area contributed by atoms with Gasteiger partial charge in [0, 0.05) is 19.5 Å². The van der Waals surface area contributed by atoms with Gasteiger partial charge in [0.05, 0.1) is 5.75 Å². The summed E-state index contributed by atoms with van der Waals surface area (Å²) >= 11 is 1.09. The van der Waals surface area contributed by atoms with Gasteiger partial charge in [-0.25, -0.2) is 0 Å². The average molecular weight is 272 g/mol. The normalized spacial score (nSPS) is 10.3. The SMILES string of the molecule is CCCNC(=O)CCn1cnnc1SCC(=O)O. The Bertz CT molecular complexity index is 408. The van der Waals surface area contributed by atoms with Crippen molar-refractivity contribution in [1.29, 1.82) is 0 Å². The van der Waals surface area contributed by atoms with Gasteiger partial charge in [0.2, 0.25) is 5.91 Å². The number of nitrogens with one attached hydrogen (secondary N) is 1. The van der Waals surface area contributed by atoms with Gasteiger partial charge < -0.3 is 15.0 Å². The summed E-state index contributed by atoms with van der Waals surface area (Å²) in [5, 5.41) is 19.4. The summed E-state index contributed by atoms with van der Waals surface area (Å²) in [5.41, 5.74) is 0. The van der Waals surface area contributed by atoms with E-state index in [2.05, 4.69) is 15.5 Å². The van der Waals surface area contributed by atoms with Crippen molar-refractivity contribution in [3.63, 3.8) is 0 Å². The standard InChI is InChI=1S/C10H16N4O3S/c1-2-4-11-8(15)3-5-14-7-12-13-10(14)18-6-9(16)17/h7H,2-6H2,1H3,(H,11,15)(H,16,17). The number of aliphatic carboxylic acids is 1. The third kappa shape index (κ3) is 5.17. The molecule has 0 saturated carbocycles. The Hall–Kier alpha value is -1.57. The highest BCUT2D eigenvalue weighted by atomic mass is 32.2. The Morgan fingerprint density at radius 2 is 2.33 bits per heavy atom. The lowest BCUT2D eigenvalue weighted by molar-refractivity contribution is -0.134. The second-order valence-electron chi connectivity index (χ2n) is 3.59. The Kier molecular flexibility index (Phi) is 6.20. The second kappa shape index (κ2) is 7.70. The molecule has 8 heteroatoms. The maximum Gasteiger partial charge on any atom is 0.313 e. The first kappa shape index (κ1) is 14.5. The predicted molar refractivity (Wildman–Crippen MR) is 66.3 cm³/mol. The number of carbonyl (C=O) groups excluding carboxylic acids is 1. The molecule has 1 heterocycles. The summed E-state index contributed by atoms with van der Waals surface area (Å²) < 4.78 is 1.68. The van der Waals surface area contributed by atoms with Crippen LogP contribution in [0.5, 0.6) is 0 Å². The summed E-state index contributed by atoms with van der Waals surface area (Å²) in [6.45, 7) is 3.10. The number of aromatic nitrogens is 3. The van der Waals surface area contributed by atoms with E-state index < -0.39 is 5.97 Å². The van der Waals surface area contributed by atoms with Crippen LogP contribution in [0.25, 0.3) is 0 Å². The van der Waals surface area contributed by atoms with E-state index in [9.17, 15) is 9.59 Å². The maximum absolute atomic E-state index is 11.4. The molecule has 1 aromatic heterocycles. The molecular formula is C10H16N4O3S. The molecule has 0 bridgehead atoms. The van der Waals surface area contributed by atoms with E-state index in [1.807, 2.05) is 6.92 Å². The van der Waals surface area contributed by atoms with Crippen molar-refractivity contribution in [1.82, 2.24) is 20.1 Å². The molecule has 0 aliphatic carbocycles. The van der Waals surface area contributed by atoms with E-state index in [4.69, 9.17) is 5.11 Å². The van der Waals surface area contributed by atoms with Gasteiger partial charge in [-0.3, -0.25) is 9.59 Å². The van der Waals surface area contributed by atoms with Gasteiger partial charge in [-0.15, -0.1) is 10.2 Å². The van der Waals surface area contributed by atoms with E-state index in [0.29, 0.717) is 24.7 Å². The molecule has 18 heavy (non-hydrogen) atoms. The number of hydrogen-bond acceptors (Lipinski definition) is 5. The van der Waals surface area contributed by atoms with Gasteiger partial charge >= 0.3 is 5.97 Å². The number of carboxylic acids is 1. The molecule has 0 radical (unpaired) electrons. The van der Waals surface area contributed by atoms with Crippen LogP contribution < -0.4 is 5.32 Å². The smallest absolute Gasteiger partial charge is 0.313 e. The van der Waals surface area contributed by atoms with Crippen molar-refractivity contribution in [2.75, 3.05) is 12.3 Å². The number of carboxylic acid groups (broad SMARTS) is 1. The molecule has 100 valence electrons. The molecule has 0 spiro atoms. The quantitative estimate of drug-likeness (QED) is 0.664. The van der Waals surface area contributed by atoms with E-state index in [1.165, 1.54) is 6.33 Å². The predicted octanol–water partition coefficient (Wildman–Crippen LogP) is 0.371. The third-order valence-electron chi connectivity index (χ3n) is 2.06. The number of hydrogen-bond donors (Lipinski definition) is 2. The van der Waals surface area contributed by atoms with Crippen LogP contribution in [0.15, 0.2) is 11.5 Å². The van der Waals surface area contributed by atoms with Crippen LogP contribution in [0, 0.1) is 0 Å². The molecule has 0 aliphatic heterocycles. The first-order valence-electron chi connectivity index (χ1n) is 5.62. The summed E-state index contributed by atoms with van der Waals surface area (Å²) in [6, 6.07) is 0. The number of carbonyl (C=O) groups is 2. The Labute approximate surface area is 109 Å². The van der Waals surface area contributed by atoms with Crippen molar-refractivity contribution in [2.45, 2.75) is 31.5 Å². The minimum atomic E-state index is -0.907. The fraction of sp³-hybridized carbons (Fsp3) is 0.600. The summed E-state index contributed by atoms with van der Waals surface area (Å²) in [7, 11) is 0. The molecule has 2 N–H and O–H groups in total. The molecule has 0 saturated heterocycles. The highest BCUT2D eigenvalue weighted by Gasteiger charge is 2.09. The molecule has 1 amide bonds. The van der Waals surface area contributed by atoms with Crippen LogP contribution in [0.4, 0.5) is 0 Å². The Balaban J connectivity index is 2.40. The lowest BCUT2D eigenvalue weighted by Gasteiger charge is -2.06. The fourth-order valence-electron chi connectivity index (χ4n) is 1.21. The van der Waals surface area contributed by atoms with Crippen molar-refractivity contribution >= 4 is 23.6 Å². The first-order valence-corrected chi connectivity index (χ1v) is 6.61. The van der Waals surface area contributed by atoms with E-state index in [0.717, 1.165) is 18.2 Å². The van der Waals surface area contributed by atoms with Gasteiger partial charge in [-0.1, -0.05) is 18.7 Å². The zero-order valence-corrected chi connectivity index (χ0v) is 10.9. The van der Waals surface area contributed by atoms with Crippen LogP contribution in [-0.2, 0) is 16.1 Å². The monoisotopic (exact) mass is 272 g/mol. The zero-order chi connectivity index (χ0) is 13.4. The second-order valence-corrected chi connectivity index (χ2v) is 4.53. The van der Waals surface area contributed by atoms with E-state index in [-0.39, 0.29) is 11.7 Å². The topological polar surface area (TPSA) is 97.1 Å². The van der Waals surface area contributed by atoms with Gasteiger partial charge in [0.25, 0.3) is 0 Å². The van der Waals surface area contributed by atoms with Crippen molar-refractivity contribution in [3.8, 4) is 0 Å². The van der Waals surface area contributed by atoms with Crippen LogP contribution in [0.1, 0.15) is 19.8 Å². The lowest BCUT2D eigenvalue weighted by atomic mass is 10.4. The highest BCUT2D eigenvalue weighted by Crippen LogP contribution is 2.14. The van der Waals surface area contributed by atoms with E-state index >= 15 is 0 Å². The minimum Gasteiger partial charge on any atom is -0.481 e.